The van der Waals surface area contributed by atoms with Crippen LogP contribution in [0.15, 0.2) is 53.1 Å². The molecular weight excluding hydrogens is 414 g/mol. The Labute approximate surface area is 193 Å². The molecule has 7 heteroatoms. The van der Waals surface area contributed by atoms with Gasteiger partial charge in [-0.2, -0.15) is 0 Å². The summed E-state index contributed by atoms with van der Waals surface area (Å²) in [6.45, 7) is 8.72. The lowest BCUT2D eigenvalue weighted by molar-refractivity contribution is -0.130. The molecule has 4 aromatic rings. The van der Waals surface area contributed by atoms with Crippen molar-refractivity contribution in [2.45, 2.75) is 27.2 Å². The van der Waals surface area contributed by atoms with Gasteiger partial charge in [-0.15, -0.1) is 0 Å². The Kier molecular flexibility index (Phi) is 5.54. The van der Waals surface area contributed by atoms with E-state index in [2.05, 4.69) is 38.2 Å². The monoisotopic (exact) mass is 441 g/mol. The lowest BCUT2D eigenvalue weighted by Gasteiger charge is -2.35. The number of benzene rings is 2. The quantitative estimate of drug-likeness (QED) is 0.475. The molecule has 0 spiro atoms. The lowest BCUT2D eigenvalue weighted by Crippen LogP contribution is -2.49. The largest absolute Gasteiger partial charge is 0.356 e. The molecule has 0 radical (unpaired) electrons. The number of piperazine rings is 1. The lowest BCUT2D eigenvalue weighted by atomic mass is 10.1. The number of aromatic nitrogens is 3. The van der Waals surface area contributed by atoms with Gasteiger partial charge in [-0.25, -0.2) is 9.97 Å². The molecule has 0 saturated carbocycles. The van der Waals surface area contributed by atoms with Gasteiger partial charge in [-0.3, -0.25) is 4.79 Å². The van der Waals surface area contributed by atoms with Gasteiger partial charge in [0.15, 0.2) is 5.58 Å². The molecular formula is C26H27N5O2. The van der Waals surface area contributed by atoms with Gasteiger partial charge < -0.3 is 14.3 Å². The van der Waals surface area contributed by atoms with Gasteiger partial charge in [0.25, 0.3) is 0 Å². The zero-order valence-corrected chi connectivity index (χ0v) is 19.2. The van der Waals surface area contributed by atoms with Crippen LogP contribution >= 0.6 is 0 Å². The number of amides is 1. The summed E-state index contributed by atoms with van der Waals surface area (Å²) in [6.07, 6.45) is 0.251. The first kappa shape index (κ1) is 21.1. The van der Waals surface area contributed by atoms with Crippen molar-refractivity contribution in [3.05, 3.63) is 71.2 Å². The molecule has 0 N–H and O–H groups in total. The number of hydrogen-bond donors (Lipinski definition) is 0. The van der Waals surface area contributed by atoms with E-state index in [-0.39, 0.29) is 12.3 Å². The third kappa shape index (κ3) is 4.31. The molecule has 0 bridgehead atoms. The molecule has 1 fully saturated rings. The molecule has 1 aliphatic rings. The summed E-state index contributed by atoms with van der Waals surface area (Å²) in [7, 11) is 0. The van der Waals surface area contributed by atoms with Crippen molar-refractivity contribution in [2.24, 2.45) is 0 Å². The minimum absolute atomic E-state index is 0.0767. The molecule has 0 atom stereocenters. The van der Waals surface area contributed by atoms with Gasteiger partial charge in [-0.1, -0.05) is 41.6 Å². The maximum absolute atomic E-state index is 13.0. The molecule has 5 rings (SSSR count). The molecule has 1 amide bonds. The number of carbonyl (C=O) groups is 1. The first-order chi connectivity index (χ1) is 16.0. The van der Waals surface area contributed by atoms with Crippen molar-refractivity contribution in [3.63, 3.8) is 0 Å². The van der Waals surface area contributed by atoms with Crippen LogP contribution in [-0.4, -0.2) is 52.1 Å². The molecule has 7 nitrogen and oxygen atoms in total. The standard InChI is InChI=1S/C26H27N5O2/c1-17-13-18(2)26-21(14-17)23(29-33-26)16-25(32)31-11-9-30(10-12-31)24-15-22(27-19(3)28-24)20-7-5-4-6-8-20/h4-8,13-15H,9-12,16H2,1-3H3. The Bertz CT molecular complexity index is 1310. The molecule has 3 heterocycles. The van der Waals surface area contributed by atoms with Crippen LogP contribution in [0.5, 0.6) is 0 Å². The van der Waals surface area contributed by atoms with Crippen LogP contribution in [0.4, 0.5) is 5.82 Å². The molecule has 1 aliphatic heterocycles. The van der Waals surface area contributed by atoms with Crippen LogP contribution in [0.2, 0.25) is 0 Å². The molecule has 2 aromatic carbocycles. The second-order valence-corrected chi connectivity index (χ2v) is 8.66. The van der Waals surface area contributed by atoms with Crippen molar-refractivity contribution in [1.82, 2.24) is 20.0 Å². The number of anilines is 1. The molecule has 1 saturated heterocycles. The van der Waals surface area contributed by atoms with E-state index in [9.17, 15) is 4.79 Å². The fourth-order valence-electron chi connectivity index (χ4n) is 4.48. The van der Waals surface area contributed by atoms with Crippen LogP contribution in [0.25, 0.3) is 22.2 Å². The van der Waals surface area contributed by atoms with E-state index in [1.807, 2.05) is 56.0 Å². The van der Waals surface area contributed by atoms with Crippen molar-refractivity contribution in [2.75, 3.05) is 31.1 Å². The fraction of sp³-hybridized carbons (Fsp3) is 0.308. The van der Waals surface area contributed by atoms with Gasteiger partial charge in [0.2, 0.25) is 5.91 Å². The number of nitrogens with zero attached hydrogens (tertiary/aromatic N) is 5. The van der Waals surface area contributed by atoms with E-state index in [1.54, 1.807) is 0 Å². The highest BCUT2D eigenvalue weighted by Gasteiger charge is 2.24. The zero-order chi connectivity index (χ0) is 22.9. The van der Waals surface area contributed by atoms with Gasteiger partial charge in [-0.05, 0) is 38.0 Å². The SMILES string of the molecule is Cc1cc(C)c2onc(CC(=O)N3CCN(c4cc(-c5ccccc5)nc(C)n4)CC3)c2c1. The van der Waals surface area contributed by atoms with Crippen LogP contribution < -0.4 is 4.90 Å². The Morgan fingerprint density at radius 3 is 2.48 bits per heavy atom. The summed E-state index contributed by atoms with van der Waals surface area (Å²) < 4.78 is 5.51. The Balaban J connectivity index is 1.27. The second-order valence-electron chi connectivity index (χ2n) is 8.66. The summed E-state index contributed by atoms with van der Waals surface area (Å²) in [5, 5.41) is 5.13. The summed E-state index contributed by atoms with van der Waals surface area (Å²) >= 11 is 0. The topological polar surface area (TPSA) is 75.4 Å². The van der Waals surface area contributed by atoms with E-state index < -0.39 is 0 Å². The first-order valence-corrected chi connectivity index (χ1v) is 11.3. The van der Waals surface area contributed by atoms with E-state index in [1.165, 1.54) is 0 Å². The smallest absolute Gasteiger partial charge is 0.228 e. The third-order valence-corrected chi connectivity index (χ3v) is 6.15. The average molecular weight is 442 g/mol. The third-order valence-electron chi connectivity index (χ3n) is 6.15. The normalized spacial score (nSPS) is 14.2. The van der Waals surface area contributed by atoms with E-state index >= 15 is 0 Å². The minimum atomic E-state index is 0.0767. The predicted molar refractivity (Wildman–Crippen MR) is 128 cm³/mol. The number of aryl methyl sites for hydroxylation is 3. The highest BCUT2D eigenvalue weighted by molar-refractivity contribution is 5.88. The Morgan fingerprint density at radius 1 is 0.970 bits per heavy atom. The number of hydrogen-bond acceptors (Lipinski definition) is 6. The van der Waals surface area contributed by atoms with Crippen molar-refractivity contribution >= 4 is 22.7 Å². The predicted octanol–water partition coefficient (Wildman–Crippen LogP) is 4.10. The molecule has 168 valence electrons. The summed E-state index contributed by atoms with van der Waals surface area (Å²) in [5.74, 6) is 1.73. The average Bonchev–Trinajstić information content (AvgIpc) is 3.22. The highest BCUT2D eigenvalue weighted by atomic mass is 16.5. The van der Waals surface area contributed by atoms with Gasteiger partial charge in [0.1, 0.15) is 17.3 Å². The van der Waals surface area contributed by atoms with Gasteiger partial charge >= 0.3 is 0 Å². The number of fused-ring (bicyclic) bond motifs is 1. The van der Waals surface area contributed by atoms with Crippen LogP contribution in [0.1, 0.15) is 22.6 Å². The maximum Gasteiger partial charge on any atom is 0.228 e. The summed E-state index contributed by atoms with van der Waals surface area (Å²) in [6, 6.07) is 16.3. The van der Waals surface area contributed by atoms with Crippen LogP contribution in [0, 0.1) is 20.8 Å². The fourth-order valence-corrected chi connectivity index (χ4v) is 4.48. The summed E-state index contributed by atoms with van der Waals surface area (Å²) in [4.78, 5) is 26.4. The number of carbonyl (C=O) groups excluding carboxylic acids is 1. The second kappa shape index (κ2) is 8.65. The van der Waals surface area contributed by atoms with Gasteiger partial charge in [0.05, 0.1) is 12.1 Å². The Morgan fingerprint density at radius 2 is 1.73 bits per heavy atom. The van der Waals surface area contributed by atoms with E-state index in [0.29, 0.717) is 18.8 Å². The molecule has 0 aliphatic carbocycles. The Hall–Kier alpha value is -3.74. The van der Waals surface area contributed by atoms with Gasteiger partial charge in [0, 0.05) is 43.2 Å². The number of rotatable bonds is 4. The van der Waals surface area contributed by atoms with E-state index in [4.69, 9.17) is 4.52 Å². The maximum atomic E-state index is 13.0. The van der Waals surface area contributed by atoms with Crippen molar-refractivity contribution in [1.29, 1.82) is 0 Å². The van der Waals surface area contributed by atoms with Crippen molar-refractivity contribution < 1.29 is 9.32 Å². The molecule has 33 heavy (non-hydrogen) atoms. The molecule has 2 aromatic heterocycles. The highest BCUT2D eigenvalue weighted by Crippen LogP contribution is 2.25. The minimum Gasteiger partial charge on any atom is -0.356 e. The van der Waals surface area contributed by atoms with Crippen LogP contribution in [-0.2, 0) is 11.2 Å². The van der Waals surface area contributed by atoms with E-state index in [0.717, 1.165) is 58.1 Å². The zero-order valence-electron chi connectivity index (χ0n) is 19.2. The summed E-state index contributed by atoms with van der Waals surface area (Å²) in [5.41, 5.74) is 5.65. The molecule has 0 unspecified atom stereocenters. The van der Waals surface area contributed by atoms with Crippen molar-refractivity contribution in [3.8, 4) is 11.3 Å². The first-order valence-electron chi connectivity index (χ1n) is 11.3. The van der Waals surface area contributed by atoms with Crippen LogP contribution in [0.3, 0.4) is 0 Å².